The molecule has 23 heavy (non-hydrogen) atoms. The van der Waals surface area contributed by atoms with Gasteiger partial charge in [0.15, 0.2) is 11.5 Å². The van der Waals surface area contributed by atoms with Gasteiger partial charge in [0.1, 0.15) is 6.61 Å². The molecule has 2 aromatic rings. The molecule has 0 aliphatic rings. The van der Waals surface area contributed by atoms with Crippen molar-refractivity contribution < 1.29 is 9.47 Å². The number of hydrogen-bond acceptors (Lipinski definition) is 6. The van der Waals surface area contributed by atoms with Crippen LogP contribution in [0.15, 0.2) is 46.8 Å². The molecule has 2 rings (SSSR count). The molecule has 0 unspecified atom stereocenters. The molecule has 7 heteroatoms. The van der Waals surface area contributed by atoms with Gasteiger partial charge >= 0.3 is 0 Å². The van der Waals surface area contributed by atoms with Crippen molar-refractivity contribution >= 4 is 12.2 Å². The number of nitrogens with zero attached hydrogens (tertiary/aromatic N) is 2. The topological polar surface area (TPSA) is 88.6 Å². The minimum Gasteiger partial charge on any atom is -0.493 e. The lowest BCUT2D eigenvalue weighted by molar-refractivity contribution is 0.326. The lowest BCUT2D eigenvalue weighted by atomic mass is 10.2. The van der Waals surface area contributed by atoms with Crippen molar-refractivity contribution in [3.05, 3.63) is 58.5 Å². The fourth-order valence-corrected chi connectivity index (χ4v) is 1.83. The van der Waals surface area contributed by atoms with Crippen molar-refractivity contribution in [3.8, 4) is 11.5 Å². The average Bonchev–Trinajstić information content (AvgIpc) is 2.52. The average molecular weight is 314 g/mol. The molecule has 0 aliphatic heterocycles. The first kappa shape index (κ1) is 16.3. The molecule has 0 radical (unpaired) electrons. The number of H-pyrrole nitrogens is 1. The highest BCUT2D eigenvalue weighted by atomic mass is 16.5. The van der Waals surface area contributed by atoms with Gasteiger partial charge in [-0.2, -0.15) is 5.10 Å². The minimum absolute atomic E-state index is 0.236. The molecule has 0 amide bonds. The fraction of sp³-hybridized carbons (Fsp3) is 0.188. The molecule has 0 atom stereocenters. The summed E-state index contributed by atoms with van der Waals surface area (Å²) in [5.41, 5.74) is 3.85. The maximum Gasteiger partial charge on any atom is 0.252 e. The second-order valence-corrected chi connectivity index (χ2v) is 4.62. The van der Waals surface area contributed by atoms with Crippen LogP contribution in [0, 0.1) is 6.92 Å². The molecule has 1 aromatic heterocycles. The zero-order valence-corrected chi connectivity index (χ0v) is 13.0. The predicted molar refractivity (Wildman–Crippen MR) is 89.5 cm³/mol. The summed E-state index contributed by atoms with van der Waals surface area (Å²) in [5.74, 6) is 1.50. The number of methoxy groups -OCH3 is 1. The van der Waals surface area contributed by atoms with Gasteiger partial charge in [0, 0.05) is 11.8 Å². The molecule has 1 heterocycles. The van der Waals surface area contributed by atoms with E-state index >= 15 is 0 Å². The number of nitrogens with one attached hydrogen (secondary N) is 2. The van der Waals surface area contributed by atoms with E-state index in [1.165, 1.54) is 6.07 Å². The number of hydrogen-bond donors (Lipinski definition) is 2. The highest BCUT2D eigenvalue weighted by molar-refractivity contribution is 5.81. The van der Waals surface area contributed by atoms with Crippen molar-refractivity contribution in [1.82, 2.24) is 9.97 Å². The normalized spacial score (nSPS) is 10.5. The molecule has 7 nitrogen and oxygen atoms in total. The van der Waals surface area contributed by atoms with Gasteiger partial charge in [0.2, 0.25) is 5.95 Å². The van der Waals surface area contributed by atoms with E-state index in [9.17, 15) is 4.79 Å². The van der Waals surface area contributed by atoms with Crippen molar-refractivity contribution in [2.45, 2.75) is 6.92 Å². The summed E-state index contributed by atoms with van der Waals surface area (Å²) in [5, 5.41) is 4.04. The van der Waals surface area contributed by atoms with Crippen LogP contribution >= 0.6 is 0 Å². The van der Waals surface area contributed by atoms with Crippen LogP contribution in [0.25, 0.3) is 0 Å². The molecular formula is C16H18N4O3. The number of aromatic nitrogens is 2. The lowest BCUT2D eigenvalue weighted by Gasteiger charge is -2.09. The summed E-state index contributed by atoms with van der Waals surface area (Å²) in [6.07, 6.45) is 3.25. The number of benzene rings is 1. The largest absolute Gasteiger partial charge is 0.493 e. The standard InChI is InChI=1S/C16H18N4O3/c1-4-7-23-13-6-5-12(9-14(13)22-3)10-17-20-16-18-11(2)8-15(21)19-16/h4-6,8-10H,1,7H2,2-3H3,(H2,18,19,20,21)/b17-10+. The number of ether oxygens (including phenoxy) is 2. The quantitative estimate of drug-likeness (QED) is 0.464. The zero-order chi connectivity index (χ0) is 16.7. The summed E-state index contributed by atoms with van der Waals surface area (Å²) in [6.45, 7) is 5.74. The van der Waals surface area contributed by atoms with Crippen LogP contribution in [-0.4, -0.2) is 29.9 Å². The van der Waals surface area contributed by atoms with E-state index in [1.54, 1.807) is 38.5 Å². The highest BCUT2D eigenvalue weighted by Crippen LogP contribution is 2.27. The Bertz CT molecular complexity index is 768. The van der Waals surface area contributed by atoms with Crippen LogP contribution in [0.5, 0.6) is 11.5 Å². The second-order valence-electron chi connectivity index (χ2n) is 4.62. The SMILES string of the molecule is C=CCOc1ccc(/C=N/Nc2nc(C)cc(=O)[nH]2)cc1OC. The number of rotatable bonds is 7. The summed E-state index contributed by atoms with van der Waals surface area (Å²) < 4.78 is 10.8. The van der Waals surface area contributed by atoms with Crippen molar-refractivity contribution in [3.63, 3.8) is 0 Å². The lowest BCUT2D eigenvalue weighted by Crippen LogP contribution is -2.10. The molecule has 2 N–H and O–H groups in total. The summed E-state index contributed by atoms with van der Waals surface area (Å²) in [7, 11) is 1.57. The van der Waals surface area contributed by atoms with Crippen LogP contribution in [0.4, 0.5) is 5.95 Å². The van der Waals surface area contributed by atoms with Gasteiger partial charge < -0.3 is 9.47 Å². The smallest absolute Gasteiger partial charge is 0.252 e. The molecule has 1 aromatic carbocycles. The van der Waals surface area contributed by atoms with E-state index in [2.05, 4.69) is 27.1 Å². The van der Waals surface area contributed by atoms with Gasteiger partial charge in [-0.1, -0.05) is 12.7 Å². The Morgan fingerprint density at radius 3 is 2.91 bits per heavy atom. The molecule has 0 bridgehead atoms. The van der Waals surface area contributed by atoms with Gasteiger partial charge in [-0.25, -0.2) is 10.4 Å². The third-order valence-electron chi connectivity index (χ3n) is 2.80. The van der Waals surface area contributed by atoms with E-state index in [1.807, 2.05) is 6.07 Å². The van der Waals surface area contributed by atoms with Crippen LogP contribution in [0.3, 0.4) is 0 Å². The Labute approximate surface area is 133 Å². The van der Waals surface area contributed by atoms with Crippen molar-refractivity contribution in [2.24, 2.45) is 5.10 Å². The Morgan fingerprint density at radius 2 is 2.22 bits per heavy atom. The molecule has 0 saturated heterocycles. The van der Waals surface area contributed by atoms with E-state index in [-0.39, 0.29) is 11.5 Å². The Hall–Kier alpha value is -3.09. The number of aryl methyl sites for hydroxylation is 1. The maximum atomic E-state index is 11.3. The van der Waals surface area contributed by atoms with Gasteiger partial charge in [-0.05, 0) is 30.7 Å². The maximum absolute atomic E-state index is 11.3. The third-order valence-corrected chi connectivity index (χ3v) is 2.80. The van der Waals surface area contributed by atoms with Crippen LogP contribution in [0.1, 0.15) is 11.3 Å². The first-order valence-electron chi connectivity index (χ1n) is 6.91. The summed E-state index contributed by atoms with van der Waals surface area (Å²) in [4.78, 5) is 18.0. The molecule has 0 spiro atoms. The summed E-state index contributed by atoms with van der Waals surface area (Å²) in [6, 6.07) is 6.81. The molecule has 120 valence electrons. The van der Waals surface area contributed by atoms with E-state index in [0.717, 1.165) is 5.56 Å². The third kappa shape index (κ3) is 4.70. The highest BCUT2D eigenvalue weighted by Gasteiger charge is 2.04. The number of hydrazone groups is 1. The van der Waals surface area contributed by atoms with E-state index in [0.29, 0.717) is 23.8 Å². The second kappa shape index (κ2) is 7.79. The van der Waals surface area contributed by atoms with Crippen LogP contribution in [-0.2, 0) is 0 Å². The van der Waals surface area contributed by atoms with Gasteiger partial charge in [-0.3, -0.25) is 9.78 Å². The number of aromatic amines is 1. The zero-order valence-electron chi connectivity index (χ0n) is 13.0. The Balaban J connectivity index is 2.09. The van der Waals surface area contributed by atoms with Gasteiger partial charge in [-0.15, -0.1) is 0 Å². The number of anilines is 1. The minimum atomic E-state index is -0.236. The van der Waals surface area contributed by atoms with Crippen molar-refractivity contribution in [2.75, 3.05) is 19.1 Å². The van der Waals surface area contributed by atoms with Crippen LogP contribution in [0.2, 0.25) is 0 Å². The Morgan fingerprint density at radius 1 is 1.39 bits per heavy atom. The van der Waals surface area contributed by atoms with E-state index < -0.39 is 0 Å². The molecule has 0 saturated carbocycles. The van der Waals surface area contributed by atoms with E-state index in [4.69, 9.17) is 9.47 Å². The first-order chi connectivity index (χ1) is 11.1. The molecular weight excluding hydrogens is 296 g/mol. The van der Waals surface area contributed by atoms with Gasteiger partial charge in [0.25, 0.3) is 5.56 Å². The Kier molecular flexibility index (Phi) is 5.51. The molecule has 0 fully saturated rings. The first-order valence-corrected chi connectivity index (χ1v) is 6.91. The van der Waals surface area contributed by atoms with Crippen molar-refractivity contribution in [1.29, 1.82) is 0 Å². The molecule has 0 aliphatic carbocycles. The monoisotopic (exact) mass is 314 g/mol. The predicted octanol–water partition coefficient (Wildman–Crippen LogP) is 2.10. The van der Waals surface area contributed by atoms with Crippen LogP contribution < -0.4 is 20.5 Å². The fourth-order valence-electron chi connectivity index (χ4n) is 1.83. The summed E-state index contributed by atoms with van der Waals surface area (Å²) >= 11 is 0. The van der Waals surface area contributed by atoms with Gasteiger partial charge in [0.05, 0.1) is 13.3 Å².